The molecule has 2 aromatic rings. The van der Waals surface area contributed by atoms with E-state index < -0.39 is 30.4 Å². The molecular weight excluding hydrogens is 406 g/mol. The second kappa shape index (κ2) is 7.73. The number of phenols is 1. The molecule has 3 amide bonds. The number of esters is 1. The minimum atomic E-state index is -1.47. The molecule has 0 spiro atoms. The van der Waals surface area contributed by atoms with E-state index >= 15 is 0 Å². The van der Waals surface area contributed by atoms with Gasteiger partial charge in [-0.1, -0.05) is 24.3 Å². The molecule has 1 heterocycles. The van der Waals surface area contributed by atoms with E-state index in [-0.39, 0.29) is 23.6 Å². The van der Waals surface area contributed by atoms with Crippen LogP contribution in [0.2, 0.25) is 0 Å². The number of aromatic hydroxyl groups is 1. The van der Waals surface area contributed by atoms with Crippen molar-refractivity contribution in [3.8, 4) is 5.75 Å². The highest BCUT2D eigenvalue weighted by molar-refractivity contribution is 6.22. The average Bonchev–Trinajstić information content (AvgIpc) is 3.14. The molecule has 0 saturated carbocycles. The Morgan fingerprint density at radius 2 is 1.81 bits per heavy atom. The first kappa shape index (κ1) is 20.4. The summed E-state index contributed by atoms with van der Waals surface area (Å²) < 4.78 is 15.5. The number of anilines is 1. The molecule has 0 aromatic heterocycles. The Morgan fingerprint density at radius 3 is 2.48 bits per heavy atom. The van der Waals surface area contributed by atoms with E-state index in [0.29, 0.717) is 5.56 Å². The van der Waals surface area contributed by atoms with Crippen molar-refractivity contribution in [1.82, 2.24) is 5.01 Å². The van der Waals surface area contributed by atoms with Gasteiger partial charge in [0.15, 0.2) is 0 Å². The standard InChI is InChI=1S/C21H19N3O7/c1-29-18(26)21-11-13-5-3-4-6-16(13)17(21)22-23(12-31-21)19(27)24(20(28)30-2)14-7-9-15(25)10-8-14/h3-10,25H,11-12H2,1-2H3/t21-/m0/s1. The molecule has 0 radical (unpaired) electrons. The Morgan fingerprint density at radius 1 is 1.10 bits per heavy atom. The lowest BCUT2D eigenvalue weighted by molar-refractivity contribution is -0.165. The second-order valence-electron chi connectivity index (χ2n) is 6.88. The summed E-state index contributed by atoms with van der Waals surface area (Å²) in [5.74, 6) is -0.661. The van der Waals surface area contributed by atoms with Crippen molar-refractivity contribution in [1.29, 1.82) is 0 Å². The first-order valence-corrected chi connectivity index (χ1v) is 9.29. The van der Waals surface area contributed by atoms with Crippen molar-refractivity contribution in [2.75, 3.05) is 25.9 Å². The fourth-order valence-electron chi connectivity index (χ4n) is 3.64. The lowest BCUT2D eigenvalue weighted by atomic mass is 9.97. The number of amides is 3. The van der Waals surface area contributed by atoms with E-state index in [4.69, 9.17) is 14.2 Å². The normalized spacial score (nSPS) is 19.0. The van der Waals surface area contributed by atoms with Gasteiger partial charge in [0.05, 0.1) is 19.9 Å². The van der Waals surface area contributed by atoms with E-state index in [2.05, 4.69) is 5.10 Å². The van der Waals surface area contributed by atoms with Crippen molar-refractivity contribution >= 4 is 29.5 Å². The molecule has 10 nitrogen and oxygen atoms in total. The number of nitrogens with zero attached hydrogens (tertiary/aromatic N) is 3. The Kier molecular flexibility index (Phi) is 5.07. The second-order valence-corrected chi connectivity index (χ2v) is 6.88. The predicted molar refractivity (Wildman–Crippen MR) is 108 cm³/mol. The number of hydrazone groups is 1. The van der Waals surface area contributed by atoms with Crippen molar-refractivity contribution in [2.45, 2.75) is 12.0 Å². The lowest BCUT2D eigenvalue weighted by Gasteiger charge is -2.35. The van der Waals surface area contributed by atoms with Crippen molar-refractivity contribution in [3.05, 3.63) is 59.7 Å². The molecule has 10 heteroatoms. The average molecular weight is 425 g/mol. The number of methoxy groups -OCH3 is 2. The summed E-state index contributed by atoms with van der Waals surface area (Å²) in [6.45, 7) is -0.392. The first-order valence-electron chi connectivity index (χ1n) is 9.29. The van der Waals surface area contributed by atoms with E-state index in [9.17, 15) is 19.5 Å². The maximum absolute atomic E-state index is 13.2. The van der Waals surface area contributed by atoms with Crippen LogP contribution < -0.4 is 4.90 Å². The van der Waals surface area contributed by atoms with Gasteiger partial charge < -0.3 is 19.3 Å². The molecule has 0 unspecified atom stereocenters. The molecule has 0 saturated heterocycles. The summed E-state index contributed by atoms with van der Waals surface area (Å²) in [7, 11) is 2.39. The maximum Gasteiger partial charge on any atom is 0.422 e. The third-order valence-electron chi connectivity index (χ3n) is 5.14. The van der Waals surface area contributed by atoms with Gasteiger partial charge in [0.2, 0.25) is 5.60 Å². The van der Waals surface area contributed by atoms with Crippen LogP contribution in [0.25, 0.3) is 0 Å². The lowest BCUT2D eigenvalue weighted by Crippen LogP contribution is -2.56. The van der Waals surface area contributed by atoms with Crippen molar-refractivity contribution < 1.29 is 33.7 Å². The molecule has 4 rings (SSSR count). The van der Waals surface area contributed by atoms with Gasteiger partial charge in [0.25, 0.3) is 0 Å². The number of fused-ring (bicyclic) bond motifs is 3. The molecule has 0 bridgehead atoms. The highest BCUT2D eigenvalue weighted by Crippen LogP contribution is 2.37. The molecular formula is C21H19N3O7. The highest BCUT2D eigenvalue weighted by atomic mass is 16.6. The third-order valence-corrected chi connectivity index (χ3v) is 5.14. The minimum absolute atomic E-state index is 0.0343. The number of benzene rings is 2. The quantitative estimate of drug-likeness (QED) is 0.733. The third kappa shape index (κ3) is 3.26. The van der Waals surface area contributed by atoms with E-state index in [0.717, 1.165) is 22.6 Å². The summed E-state index contributed by atoms with van der Waals surface area (Å²) in [6.07, 6.45) is -0.734. The molecule has 1 aliphatic heterocycles. The molecule has 1 aliphatic carbocycles. The van der Waals surface area contributed by atoms with Crippen LogP contribution in [0, 0.1) is 0 Å². The number of hydrogen-bond donors (Lipinski definition) is 1. The van der Waals surface area contributed by atoms with Gasteiger partial charge in [-0.15, -0.1) is 0 Å². The number of carbonyl (C=O) groups excluding carboxylic acids is 3. The van der Waals surface area contributed by atoms with E-state index in [1.54, 1.807) is 12.1 Å². The van der Waals surface area contributed by atoms with Crippen LogP contribution in [0.3, 0.4) is 0 Å². The van der Waals surface area contributed by atoms with Gasteiger partial charge >= 0.3 is 18.1 Å². The zero-order valence-corrected chi connectivity index (χ0v) is 16.8. The molecule has 31 heavy (non-hydrogen) atoms. The SMILES string of the molecule is COC(=O)N(C(=O)N1CO[C@@]2(C(=O)OC)Cc3ccccc3C2=N1)c1ccc(O)cc1. The van der Waals surface area contributed by atoms with E-state index in [1.807, 2.05) is 12.1 Å². The van der Waals surface area contributed by atoms with Crippen LogP contribution in [0.1, 0.15) is 11.1 Å². The number of ether oxygens (including phenoxy) is 3. The van der Waals surface area contributed by atoms with Gasteiger partial charge in [0.1, 0.15) is 18.2 Å². The molecule has 0 fully saturated rings. The predicted octanol–water partition coefficient (Wildman–Crippen LogP) is 2.25. The number of urea groups is 1. The molecule has 2 aliphatic rings. The fourth-order valence-corrected chi connectivity index (χ4v) is 3.64. The number of rotatable bonds is 2. The van der Waals surface area contributed by atoms with Crippen LogP contribution in [-0.4, -0.2) is 60.5 Å². The van der Waals surface area contributed by atoms with Gasteiger partial charge in [-0.3, -0.25) is 0 Å². The van der Waals surface area contributed by atoms with Crippen molar-refractivity contribution in [2.24, 2.45) is 5.10 Å². The number of phenolic OH excluding ortho intramolecular Hbond substituents is 1. The minimum Gasteiger partial charge on any atom is -0.508 e. The summed E-state index contributed by atoms with van der Waals surface area (Å²) in [5, 5.41) is 14.8. The Bertz CT molecular complexity index is 1080. The maximum atomic E-state index is 13.2. The zero-order chi connectivity index (χ0) is 22.2. The van der Waals surface area contributed by atoms with Gasteiger partial charge in [-0.2, -0.15) is 15.0 Å². The summed E-state index contributed by atoms with van der Waals surface area (Å²) in [4.78, 5) is 38.9. The monoisotopic (exact) mass is 425 g/mol. The molecule has 1 atom stereocenters. The number of imide groups is 1. The van der Waals surface area contributed by atoms with Gasteiger partial charge in [-0.25, -0.2) is 14.4 Å². The van der Waals surface area contributed by atoms with Crippen LogP contribution in [0.5, 0.6) is 5.75 Å². The van der Waals surface area contributed by atoms with Crippen LogP contribution >= 0.6 is 0 Å². The molecule has 2 aromatic carbocycles. The van der Waals surface area contributed by atoms with Crippen LogP contribution in [0.15, 0.2) is 53.6 Å². The summed E-state index contributed by atoms with van der Waals surface area (Å²) >= 11 is 0. The van der Waals surface area contributed by atoms with E-state index in [1.165, 1.54) is 31.4 Å². The summed E-state index contributed by atoms with van der Waals surface area (Å²) in [6, 6.07) is 11.8. The van der Waals surface area contributed by atoms with Crippen LogP contribution in [0.4, 0.5) is 15.3 Å². The van der Waals surface area contributed by atoms with Gasteiger partial charge in [0, 0.05) is 12.0 Å². The topological polar surface area (TPSA) is 118 Å². The Labute approximate surface area is 177 Å². The smallest absolute Gasteiger partial charge is 0.422 e. The fraction of sp³-hybridized carbons (Fsp3) is 0.238. The Balaban J connectivity index is 1.75. The number of hydrogen-bond acceptors (Lipinski definition) is 8. The zero-order valence-electron chi connectivity index (χ0n) is 16.8. The Hall–Kier alpha value is -3.92. The van der Waals surface area contributed by atoms with Gasteiger partial charge in [-0.05, 0) is 29.8 Å². The first-order chi connectivity index (χ1) is 14.9. The number of carbonyl (C=O) groups is 3. The molecule has 160 valence electrons. The highest BCUT2D eigenvalue weighted by Gasteiger charge is 2.55. The van der Waals surface area contributed by atoms with Crippen molar-refractivity contribution in [3.63, 3.8) is 0 Å². The largest absolute Gasteiger partial charge is 0.508 e. The van der Waals surface area contributed by atoms with Crippen LogP contribution in [-0.2, 0) is 25.4 Å². The summed E-state index contributed by atoms with van der Waals surface area (Å²) in [5.41, 5.74) is 0.393. The molecule has 1 N–H and O–H groups in total.